The summed E-state index contributed by atoms with van der Waals surface area (Å²) in [5.74, 6) is 0.779. The molecule has 21 heavy (non-hydrogen) atoms. The number of methoxy groups -OCH3 is 2. The van der Waals surface area contributed by atoms with Crippen molar-refractivity contribution in [2.75, 3.05) is 19.5 Å². The number of hydrogen-bond acceptors (Lipinski definition) is 3. The quantitative estimate of drug-likeness (QED) is 0.931. The molecule has 0 spiro atoms. The number of rotatable bonds is 4. The fourth-order valence-corrected chi connectivity index (χ4v) is 2.05. The van der Waals surface area contributed by atoms with Crippen LogP contribution in [0.5, 0.6) is 11.5 Å². The van der Waals surface area contributed by atoms with E-state index in [0.717, 1.165) is 5.56 Å². The molecule has 0 fully saturated rings. The van der Waals surface area contributed by atoms with Gasteiger partial charge in [-0.3, -0.25) is 4.79 Å². The molecule has 1 N–H and O–H groups in total. The smallest absolute Gasteiger partial charge is 0.255 e. The van der Waals surface area contributed by atoms with E-state index in [2.05, 4.69) is 5.32 Å². The monoisotopic (exact) mass is 305 g/mol. The van der Waals surface area contributed by atoms with E-state index in [1.165, 1.54) is 14.2 Å². The third kappa shape index (κ3) is 3.47. The lowest BCUT2D eigenvalue weighted by molar-refractivity contribution is 0.102. The highest BCUT2D eigenvalue weighted by molar-refractivity contribution is 6.34. The molecular formula is C16H16ClNO3. The lowest BCUT2D eigenvalue weighted by atomic mass is 10.1. The van der Waals surface area contributed by atoms with Crippen LogP contribution >= 0.6 is 11.6 Å². The molecule has 0 unspecified atom stereocenters. The van der Waals surface area contributed by atoms with Gasteiger partial charge in [0.15, 0.2) is 11.5 Å². The van der Waals surface area contributed by atoms with Crippen LogP contribution in [0.4, 0.5) is 5.69 Å². The molecule has 2 aromatic rings. The summed E-state index contributed by atoms with van der Waals surface area (Å²) in [5.41, 5.74) is 2.13. The van der Waals surface area contributed by atoms with E-state index in [-0.39, 0.29) is 5.91 Å². The molecule has 0 atom stereocenters. The minimum absolute atomic E-state index is 0.232. The predicted octanol–water partition coefficient (Wildman–Crippen LogP) is 3.92. The van der Waals surface area contributed by atoms with Gasteiger partial charge in [-0.2, -0.15) is 0 Å². The van der Waals surface area contributed by atoms with Crippen molar-refractivity contribution in [1.29, 1.82) is 0 Å². The average molecular weight is 306 g/mol. The number of ether oxygens (including phenoxy) is 2. The van der Waals surface area contributed by atoms with Crippen LogP contribution in [-0.2, 0) is 0 Å². The maximum absolute atomic E-state index is 12.2. The van der Waals surface area contributed by atoms with Crippen molar-refractivity contribution in [3.05, 3.63) is 52.5 Å². The van der Waals surface area contributed by atoms with E-state index in [0.29, 0.717) is 27.8 Å². The number of aryl methyl sites for hydroxylation is 1. The fraction of sp³-hybridized carbons (Fsp3) is 0.188. The zero-order valence-electron chi connectivity index (χ0n) is 12.1. The molecule has 5 heteroatoms. The summed E-state index contributed by atoms with van der Waals surface area (Å²) in [4.78, 5) is 12.2. The van der Waals surface area contributed by atoms with Crippen molar-refractivity contribution in [2.45, 2.75) is 6.92 Å². The molecule has 0 aliphatic carbocycles. The van der Waals surface area contributed by atoms with E-state index >= 15 is 0 Å². The van der Waals surface area contributed by atoms with Crippen LogP contribution < -0.4 is 14.8 Å². The predicted molar refractivity (Wildman–Crippen MR) is 83.7 cm³/mol. The Morgan fingerprint density at radius 1 is 1.05 bits per heavy atom. The molecule has 1 amide bonds. The van der Waals surface area contributed by atoms with Crippen LogP contribution in [0.3, 0.4) is 0 Å². The second-order valence-corrected chi connectivity index (χ2v) is 4.91. The molecule has 0 aromatic heterocycles. The van der Waals surface area contributed by atoms with Gasteiger partial charge in [-0.25, -0.2) is 0 Å². The number of hydrogen-bond donors (Lipinski definition) is 1. The van der Waals surface area contributed by atoms with Gasteiger partial charge in [-0.05, 0) is 19.1 Å². The van der Waals surface area contributed by atoms with Gasteiger partial charge in [0.1, 0.15) is 0 Å². The topological polar surface area (TPSA) is 47.6 Å². The van der Waals surface area contributed by atoms with Crippen molar-refractivity contribution < 1.29 is 14.3 Å². The van der Waals surface area contributed by atoms with Crippen molar-refractivity contribution in [3.8, 4) is 11.5 Å². The van der Waals surface area contributed by atoms with Crippen molar-refractivity contribution >= 4 is 23.2 Å². The largest absolute Gasteiger partial charge is 0.493 e. The van der Waals surface area contributed by atoms with Crippen molar-refractivity contribution in [3.63, 3.8) is 0 Å². The van der Waals surface area contributed by atoms with Crippen LogP contribution in [0.1, 0.15) is 15.9 Å². The Balaban J connectivity index is 2.26. The lowest BCUT2D eigenvalue weighted by Gasteiger charge is -2.12. The van der Waals surface area contributed by atoms with Gasteiger partial charge in [-0.1, -0.05) is 29.3 Å². The van der Waals surface area contributed by atoms with Gasteiger partial charge >= 0.3 is 0 Å². The third-order valence-corrected chi connectivity index (χ3v) is 3.35. The van der Waals surface area contributed by atoms with Gasteiger partial charge in [-0.15, -0.1) is 0 Å². The molecular weight excluding hydrogens is 290 g/mol. The Labute approximate surface area is 128 Å². The molecule has 0 aliphatic heterocycles. The molecule has 2 aromatic carbocycles. The van der Waals surface area contributed by atoms with E-state index in [9.17, 15) is 4.79 Å². The number of carbonyl (C=O) groups excluding carboxylic acids is 1. The minimum Gasteiger partial charge on any atom is -0.493 e. The summed E-state index contributed by atoms with van der Waals surface area (Å²) in [5, 5.41) is 3.15. The number of halogens is 1. The molecule has 110 valence electrons. The normalized spacial score (nSPS) is 10.1. The van der Waals surface area contributed by atoms with Crippen LogP contribution in [0.15, 0.2) is 36.4 Å². The second kappa shape index (κ2) is 6.50. The number of nitrogens with one attached hydrogen (secondary N) is 1. The van der Waals surface area contributed by atoms with Crippen LogP contribution in [0.2, 0.25) is 5.02 Å². The number of anilines is 1. The summed E-state index contributed by atoms with van der Waals surface area (Å²) < 4.78 is 10.4. The lowest BCUT2D eigenvalue weighted by Crippen LogP contribution is -2.12. The highest BCUT2D eigenvalue weighted by Gasteiger charge is 2.13. The van der Waals surface area contributed by atoms with Gasteiger partial charge in [0.25, 0.3) is 5.91 Å². The molecule has 0 bridgehead atoms. The highest BCUT2D eigenvalue weighted by Crippen LogP contribution is 2.36. The maximum atomic E-state index is 12.2. The Hall–Kier alpha value is -2.20. The molecule has 0 saturated carbocycles. The van der Waals surface area contributed by atoms with E-state index in [4.69, 9.17) is 21.1 Å². The third-order valence-electron chi connectivity index (χ3n) is 3.04. The molecule has 0 aliphatic rings. The van der Waals surface area contributed by atoms with Crippen LogP contribution in [0.25, 0.3) is 0 Å². The summed E-state index contributed by atoms with van der Waals surface area (Å²) in [6.07, 6.45) is 0. The SMILES string of the molecule is COc1cc(Cl)c(NC(=O)c2ccc(C)cc2)cc1OC. The molecule has 4 nitrogen and oxygen atoms in total. The van der Waals surface area contributed by atoms with Gasteiger partial charge in [0.05, 0.1) is 24.9 Å². The van der Waals surface area contributed by atoms with Gasteiger partial charge < -0.3 is 14.8 Å². The van der Waals surface area contributed by atoms with E-state index in [1.54, 1.807) is 24.3 Å². The van der Waals surface area contributed by atoms with Gasteiger partial charge in [0, 0.05) is 17.7 Å². The first-order valence-electron chi connectivity index (χ1n) is 6.34. The molecule has 2 rings (SSSR count). The fourth-order valence-electron chi connectivity index (χ4n) is 1.85. The minimum atomic E-state index is -0.232. The number of benzene rings is 2. The molecule has 0 radical (unpaired) electrons. The summed E-state index contributed by atoms with van der Waals surface area (Å²) in [7, 11) is 3.05. The first-order chi connectivity index (χ1) is 10.0. The average Bonchev–Trinajstić information content (AvgIpc) is 2.49. The summed E-state index contributed by atoms with van der Waals surface area (Å²) in [6.45, 7) is 1.97. The standard InChI is InChI=1S/C16H16ClNO3/c1-10-4-6-11(7-5-10)16(19)18-13-9-15(21-3)14(20-2)8-12(13)17/h4-9H,1-3H3,(H,18,19). The van der Waals surface area contributed by atoms with Crippen molar-refractivity contribution in [1.82, 2.24) is 0 Å². The maximum Gasteiger partial charge on any atom is 0.255 e. The van der Waals surface area contributed by atoms with E-state index < -0.39 is 0 Å². The second-order valence-electron chi connectivity index (χ2n) is 4.51. The number of carbonyl (C=O) groups is 1. The Kier molecular flexibility index (Phi) is 4.70. The summed E-state index contributed by atoms with van der Waals surface area (Å²) >= 11 is 6.14. The number of amides is 1. The zero-order valence-corrected chi connectivity index (χ0v) is 12.8. The zero-order chi connectivity index (χ0) is 15.4. The Bertz CT molecular complexity index is 653. The van der Waals surface area contributed by atoms with Crippen LogP contribution in [-0.4, -0.2) is 20.1 Å². The van der Waals surface area contributed by atoms with Crippen LogP contribution in [0, 0.1) is 6.92 Å². The highest BCUT2D eigenvalue weighted by atomic mass is 35.5. The first kappa shape index (κ1) is 15.2. The molecule has 0 saturated heterocycles. The molecule has 0 heterocycles. The Morgan fingerprint density at radius 3 is 2.19 bits per heavy atom. The summed E-state index contributed by atoms with van der Waals surface area (Å²) in [6, 6.07) is 10.5. The first-order valence-corrected chi connectivity index (χ1v) is 6.72. The van der Waals surface area contributed by atoms with Gasteiger partial charge in [0.2, 0.25) is 0 Å². The van der Waals surface area contributed by atoms with Crippen molar-refractivity contribution in [2.24, 2.45) is 0 Å². The Morgan fingerprint density at radius 2 is 1.62 bits per heavy atom. The van der Waals surface area contributed by atoms with E-state index in [1.807, 2.05) is 19.1 Å².